The van der Waals surface area contributed by atoms with Crippen molar-refractivity contribution in [1.29, 1.82) is 0 Å². The van der Waals surface area contributed by atoms with E-state index in [4.69, 9.17) is 0 Å². The van der Waals surface area contributed by atoms with Crippen LogP contribution < -0.4 is 0 Å². The van der Waals surface area contributed by atoms with Gasteiger partial charge in [0.1, 0.15) is 0 Å². The average Bonchev–Trinajstić information content (AvgIpc) is 2.52. The van der Waals surface area contributed by atoms with Crippen molar-refractivity contribution >= 4 is 64.1 Å². The summed E-state index contributed by atoms with van der Waals surface area (Å²) in [5.74, 6) is 6.56. The van der Waals surface area contributed by atoms with Gasteiger partial charge in [0, 0.05) is 32.3 Å². The van der Waals surface area contributed by atoms with E-state index in [2.05, 4.69) is 78.6 Å². The molecular formula is C22H56P4Si4. The molecule has 4 unspecified atom stereocenters. The van der Waals surface area contributed by atoms with Crippen molar-refractivity contribution in [2.24, 2.45) is 0 Å². The molecule has 0 radical (unpaired) electrons. The second kappa shape index (κ2) is 12.5. The molecule has 0 N–H and O–H groups in total. The van der Waals surface area contributed by atoms with Crippen LogP contribution in [-0.4, -0.2) is 66.8 Å². The summed E-state index contributed by atoms with van der Waals surface area (Å²) in [7, 11) is -0.341. The lowest BCUT2D eigenvalue weighted by Crippen LogP contribution is -2.31. The van der Waals surface area contributed by atoms with Crippen molar-refractivity contribution in [1.82, 2.24) is 0 Å². The lowest BCUT2D eigenvalue weighted by atomic mass is 10.00. The first-order valence-electron chi connectivity index (χ1n) is 12.4. The molecule has 1 aliphatic rings. The van der Waals surface area contributed by atoms with Gasteiger partial charge in [0.05, 0.1) is 0 Å². The molecule has 0 spiro atoms. The fraction of sp³-hybridized carbons (Fsp3) is 1.00. The molecule has 0 aromatic rings. The predicted molar refractivity (Wildman–Crippen MR) is 169 cm³/mol. The molecule has 0 aromatic heterocycles. The second-order valence-corrected chi connectivity index (χ2v) is 49.8. The molecule has 8 heteroatoms. The molecule has 1 rings (SSSR count). The standard InChI is InChI=1S/C22H56P4Si4/c1-27(2,3)17-23-25(19-29(7,8)9)21-13-15-22(16-14-21)26(20-30(10,11)12)24-18-28(4,5)6/h21-24H,13-20H2,1-12H3. The van der Waals surface area contributed by atoms with Crippen molar-refractivity contribution < 1.29 is 0 Å². The Morgan fingerprint density at radius 2 is 0.767 bits per heavy atom. The van der Waals surface area contributed by atoms with Crippen molar-refractivity contribution in [2.45, 2.75) is 116 Å². The van der Waals surface area contributed by atoms with Gasteiger partial charge in [0.15, 0.2) is 0 Å². The Morgan fingerprint density at radius 3 is 0.967 bits per heavy atom. The first-order chi connectivity index (χ1) is 13.3. The summed E-state index contributed by atoms with van der Waals surface area (Å²) in [6.07, 6.45) is 6.45. The molecule has 0 aromatic carbocycles. The Labute approximate surface area is 202 Å². The summed E-state index contributed by atoms with van der Waals surface area (Å²) < 4.78 is 0. The zero-order valence-corrected chi connectivity index (χ0v) is 30.5. The van der Waals surface area contributed by atoms with Crippen LogP contribution in [0.25, 0.3) is 0 Å². The zero-order chi connectivity index (χ0) is 23.4. The number of hydrogen-bond donors (Lipinski definition) is 0. The lowest BCUT2D eigenvalue weighted by molar-refractivity contribution is 0.522. The number of hydrogen-bond acceptors (Lipinski definition) is 0. The second-order valence-electron chi connectivity index (χ2n) is 14.6. The highest BCUT2D eigenvalue weighted by molar-refractivity contribution is 8.23. The molecule has 30 heavy (non-hydrogen) atoms. The molecule has 1 fully saturated rings. The minimum atomic E-state index is -0.938. The summed E-state index contributed by atoms with van der Waals surface area (Å²) >= 11 is 0. The van der Waals surface area contributed by atoms with Gasteiger partial charge in [0.25, 0.3) is 0 Å². The van der Waals surface area contributed by atoms with E-state index in [1.54, 1.807) is 48.8 Å². The van der Waals surface area contributed by atoms with Gasteiger partial charge in [0.2, 0.25) is 0 Å². The molecule has 0 saturated heterocycles. The van der Waals surface area contributed by atoms with E-state index in [1.807, 2.05) is 0 Å². The fourth-order valence-corrected chi connectivity index (χ4v) is 48.8. The molecule has 0 bridgehead atoms. The van der Waals surface area contributed by atoms with Gasteiger partial charge >= 0.3 is 0 Å². The van der Waals surface area contributed by atoms with Gasteiger partial charge in [-0.05, 0) is 60.1 Å². The Hall–Kier alpha value is 2.59. The summed E-state index contributed by atoms with van der Waals surface area (Å²) in [6.45, 7) is 31.4. The van der Waals surface area contributed by atoms with Crippen LogP contribution in [0.1, 0.15) is 25.7 Å². The van der Waals surface area contributed by atoms with Gasteiger partial charge in [-0.1, -0.05) is 110 Å². The Morgan fingerprint density at radius 1 is 0.500 bits per heavy atom. The summed E-state index contributed by atoms with van der Waals surface area (Å²) in [4.78, 5) is 0. The highest BCUT2D eigenvalue weighted by Gasteiger charge is 2.35. The highest BCUT2D eigenvalue weighted by atomic mass is 32.1. The quantitative estimate of drug-likeness (QED) is 0.166. The maximum absolute atomic E-state index is 2.64. The van der Waals surface area contributed by atoms with E-state index >= 15 is 0 Å². The first kappa shape index (κ1) is 30.6. The van der Waals surface area contributed by atoms with E-state index in [0.29, 0.717) is 15.2 Å². The van der Waals surface area contributed by atoms with Gasteiger partial charge < -0.3 is 0 Å². The zero-order valence-electron chi connectivity index (χ0n) is 22.7. The monoisotopic (exact) mass is 556 g/mol. The summed E-state index contributed by atoms with van der Waals surface area (Å²) in [5.41, 5.74) is 2.28. The molecule has 0 aliphatic heterocycles. The third-order valence-corrected chi connectivity index (χ3v) is 39.5. The van der Waals surface area contributed by atoms with Crippen molar-refractivity contribution in [3.63, 3.8) is 0 Å². The Bertz CT molecular complexity index is 449. The van der Waals surface area contributed by atoms with Crippen LogP contribution in [0.2, 0.25) is 78.6 Å². The Kier molecular flexibility index (Phi) is 12.8. The maximum Gasteiger partial charge on any atom is 0.0489 e. The lowest BCUT2D eigenvalue weighted by Gasteiger charge is -2.41. The molecule has 0 nitrogen and oxygen atoms in total. The van der Waals surface area contributed by atoms with Gasteiger partial charge in [-0.25, -0.2) is 0 Å². The predicted octanol–water partition coefficient (Wildman–Crippen LogP) is 9.96. The summed E-state index contributed by atoms with van der Waals surface area (Å²) in [6, 6.07) is 0. The largest absolute Gasteiger partial charge is 0.0988 e. The van der Waals surface area contributed by atoms with Crippen molar-refractivity contribution in [2.75, 3.05) is 23.1 Å². The molecule has 4 atom stereocenters. The van der Waals surface area contributed by atoms with Crippen LogP contribution in [0.3, 0.4) is 0 Å². The van der Waals surface area contributed by atoms with Gasteiger partial charge in [-0.2, -0.15) is 0 Å². The molecule has 180 valence electrons. The van der Waals surface area contributed by atoms with E-state index in [1.165, 1.54) is 16.5 Å². The molecular weight excluding hydrogens is 500 g/mol. The van der Waals surface area contributed by atoms with E-state index in [-0.39, 0.29) is 0 Å². The van der Waals surface area contributed by atoms with E-state index in [0.717, 1.165) is 11.3 Å². The van der Waals surface area contributed by atoms with Gasteiger partial charge in [-0.3, -0.25) is 0 Å². The normalized spacial score (nSPS) is 24.8. The van der Waals surface area contributed by atoms with E-state index < -0.39 is 32.3 Å². The summed E-state index contributed by atoms with van der Waals surface area (Å²) in [5, 5.41) is 0. The van der Waals surface area contributed by atoms with Gasteiger partial charge in [-0.15, -0.1) is 0 Å². The maximum atomic E-state index is 2.64. The third-order valence-electron chi connectivity index (χ3n) is 5.46. The van der Waals surface area contributed by atoms with Crippen LogP contribution in [0.15, 0.2) is 0 Å². The van der Waals surface area contributed by atoms with E-state index in [9.17, 15) is 0 Å². The van der Waals surface area contributed by atoms with Crippen LogP contribution in [0.5, 0.6) is 0 Å². The SMILES string of the molecule is C[Si](C)(C)CPP(C[Si](C)(C)C)C1CCC(P(C[Si](C)(C)C)PC[Si](C)(C)C)CC1. The molecule has 1 aliphatic carbocycles. The van der Waals surface area contributed by atoms with Crippen LogP contribution in [-0.2, 0) is 0 Å². The minimum absolute atomic E-state index is 0.326. The number of rotatable bonds is 12. The topological polar surface area (TPSA) is 0 Å². The smallest absolute Gasteiger partial charge is 0.0489 e. The third kappa shape index (κ3) is 14.8. The average molecular weight is 557 g/mol. The Balaban J connectivity index is 2.77. The van der Waals surface area contributed by atoms with Crippen molar-refractivity contribution in [3.05, 3.63) is 0 Å². The van der Waals surface area contributed by atoms with Crippen molar-refractivity contribution in [3.8, 4) is 0 Å². The highest BCUT2D eigenvalue weighted by Crippen LogP contribution is 2.68. The minimum Gasteiger partial charge on any atom is -0.0988 e. The molecule has 1 saturated carbocycles. The molecule has 0 heterocycles. The van der Waals surface area contributed by atoms with Crippen LogP contribution in [0, 0.1) is 0 Å². The van der Waals surface area contributed by atoms with Crippen LogP contribution in [0.4, 0.5) is 0 Å². The van der Waals surface area contributed by atoms with Crippen LogP contribution >= 0.6 is 31.8 Å². The first-order valence-corrected chi connectivity index (χ1v) is 34.5. The molecule has 0 amide bonds. The fourth-order valence-electron chi connectivity index (χ4n) is 4.01.